The summed E-state index contributed by atoms with van der Waals surface area (Å²) >= 11 is 6.04. The van der Waals surface area contributed by atoms with Gasteiger partial charge in [0.05, 0.1) is 22.3 Å². The molecule has 7 nitrogen and oxygen atoms in total. The Morgan fingerprint density at radius 2 is 1.94 bits per heavy atom. The standard InChI is InChI=1S/C22H23ClN4O3S/c1-3-25(4-2)31(29,30)20-8-9-21-16(12-20)10-11-26(21)22(28)17-14-24-27(15-17)19-7-5-6-18(23)13-19/h5-9,12-15H,3-4,10-11H2,1-2H3. The van der Waals surface area contributed by atoms with E-state index in [0.29, 0.717) is 36.6 Å². The van der Waals surface area contributed by atoms with E-state index >= 15 is 0 Å². The van der Waals surface area contributed by atoms with Gasteiger partial charge < -0.3 is 4.90 Å². The van der Waals surface area contributed by atoms with Crippen molar-refractivity contribution in [2.45, 2.75) is 25.2 Å². The van der Waals surface area contributed by atoms with Gasteiger partial charge in [0.15, 0.2) is 0 Å². The van der Waals surface area contributed by atoms with Gasteiger partial charge in [-0.25, -0.2) is 13.1 Å². The van der Waals surface area contributed by atoms with Crippen molar-refractivity contribution in [1.82, 2.24) is 14.1 Å². The van der Waals surface area contributed by atoms with E-state index in [-0.39, 0.29) is 10.8 Å². The van der Waals surface area contributed by atoms with Crippen LogP contribution in [0.5, 0.6) is 0 Å². The van der Waals surface area contributed by atoms with Crippen molar-refractivity contribution in [3.05, 3.63) is 71.0 Å². The second kappa shape index (κ2) is 8.45. The molecule has 2 heterocycles. The summed E-state index contributed by atoms with van der Waals surface area (Å²) in [6.45, 7) is 4.95. The molecule has 0 radical (unpaired) electrons. The molecule has 9 heteroatoms. The second-order valence-electron chi connectivity index (χ2n) is 7.24. The fourth-order valence-corrected chi connectivity index (χ4v) is 5.50. The fraction of sp³-hybridized carbons (Fsp3) is 0.273. The van der Waals surface area contributed by atoms with E-state index in [4.69, 9.17) is 11.6 Å². The molecule has 0 fully saturated rings. The number of anilines is 1. The SMILES string of the molecule is CCN(CC)S(=O)(=O)c1ccc2c(c1)CCN2C(=O)c1cnn(-c2cccc(Cl)c2)c1. The van der Waals surface area contributed by atoms with Crippen LogP contribution in [0.25, 0.3) is 5.69 Å². The van der Waals surface area contributed by atoms with Crippen LogP contribution in [0, 0.1) is 0 Å². The quantitative estimate of drug-likeness (QED) is 0.563. The van der Waals surface area contributed by atoms with Crippen molar-refractivity contribution in [3.63, 3.8) is 0 Å². The van der Waals surface area contributed by atoms with Crippen LogP contribution in [0.4, 0.5) is 5.69 Å². The summed E-state index contributed by atoms with van der Waals surface area (Å²) < 4.78 is 28.7. The number of hydrogen-bond acceptors (Lipinski definition) is 4. The molecule has 0 unspecified atom stereocenters. The molecule has 1 aliphatic rings. The summed E-state index contributed by atoms with van der Waals surface area (Å²) in [6, 6.07) is 12.2. The monoisotopic (exact) mass is 458 g/mol. The van der Waals surface area contributed by atoms with Crippen molar-refractivity contribution in [1.29, 1.82) is 0 Å². The maximum absolute atomic E-state index is 13.1. The van der Waals surface area contributed by atoms with Gasteiger partial charge in [0, 0.05) is 36.5 Å². The first-order valence-electron chi connectivity index (χ1n) is 10.1. The van der Waals surface area contributed by atoms with Gasteiger partial charge in [0.2, 0.25) is 10.0 Å². The Morgan fingerprint density at radius 3 is 2.65 bits per heavy atom. The second-order valence-corrected chi connectivity index (χ2v) is 9.61. The minimum atomic E-state index is -3.54. The third kappa shape index (κ3) is 3.98. The zero-order valence-electron chi connectivity index (χ0n) is 17.3. The van der Waals surface area contributed by atoms with Gasteiger partial charge >= 0.3 is 0 Å². The molecule has 2 aromatic carbocycles. The Labute approximate surface area is 186 Å². The van der Waals surface area contributed by atoms with Crippen LogP contribution < -0.4 is 4.90 Å². The Hall–Kier alpha value is -2.68. The Balaban J connectivity index is 1.60. The third-order valence-electron chi connectivity index (χ3n) is 5.44. The van der Waals surface area contributed by atoms with Crippen LogP contribution in [0.15, 0.2) is 59.8 Å². The largest absolute Gasteiger partial charge is 0.308 e. The molecule has 4 rings (SSSR count). The van der Waals surface area contributed by atoms with E-state index in [2.05, 4.69) is 5.10 Å². The summed E-state index contributed by atoms with van der Waals surface area (Å²) in [5.74, 6) is -0.175. The molecule has 162 valence electrons. The summed E-state index contributed by atoms with van der Waals surface area (Å²) in [6.07, 6.45) is 3.80. The molecule has 0 atom stereocenters. The molecule has 0 bridgehead atoms. The van der Waals surface area contributed by atoms with E-state index in [0.717, 1.165) is 16.9 Å². The van der Waals surface area contributed by atoms with Gasteiger partial charge in [0.25, 0.3) is 5.91 Å². The maximum atomic E-state index is 13.1. The van der Waals surface area contributed by atoms with E-state index in [9.17, 15) is 13.2 Å². The predicted molar refractivity (Wildman–Crippen MR) is 121 cm³/mol. The minimum Gasteiger partial charge on any atom is -0.308 e. The fourth-order valence-electron chi connectivity index (χ4n) is 3.81. The first-order chi connectivity index (χ1) is 14.8. The number of amides is 1. The highest BCUT2D eigenvalue weighted by Crippen LogP contribution is 2.32. The van der Waals surface area contributed by atoms with Crippen LogP contribution in [0.1, 0.15) is 29.8 Å². The highest BCUT2D eigenvalue weighted by atomic mass is 35.5. The zero-order valence-corrected chi connectivity index (χ0v) is 18.9. The Bertz CT molecular complexity index is 1240. The molecule has 1 amide bonds. The van der Waals surface area contributed by atoms with Crippen LogP contribution >= 0.6 is 11.6 Å². The van der Waals surface area contributed by atoms with Crippen LogP contribution in [0.3, 0.4) is 0 Å². The number of sulfonamides is 1. The zero-order chi connectivity index (χ0) is 22.2. The van der Waals surface area contributed by atoms with E-state index < -0.39 is 10.0 Å². The molecular formula is C22H23ClN4O3S. The summed E-state index contributed by atoms with van der Waals surface area (Å²) in [5.41, 5.74) is 2.80. The van der Waals surface area contributed by atoms with Gasteiger partial charge in [-0.15, -0.1) is 0 Å². The molecule has 0 saturated heterocycles. The number of hydrogen-bond donors (Lipinski definition) is 0. The lowest BCUT2D eigenvalue weighted by molar-refractivity contribution is 0.0989. The average Bonchev–Trinajstić information content (AvgIpc) is 3.41. The van der Waals surface area contributed by atoms with Gasteiger partial charge in [-0.2, -0.15) is 9.40 Å². The van der Waals surface area contributed by atoms with E-state index in [1.165, 1.54) is 10.5 Å². The topological polar surface area (TPSA) is 75.5 Å². The van der Waals surface area contributed by atoms with Crippen molar-refractivity contribution in [3.8, 4) is 5.69 Å². The average molecular weight is 459 g/mol. The summed E-state index contributed by atoms with van der Waals surface area (Å²) in [4.78, 5) is 15.1. The van der Waals surface area contributed by atoms with E-state index in [1.54, 1.807) is 46.1 Å². The van der Waals surface area contributed by atoms with Crippen molar-refractivity contribution in [2.24, 2.45) is 0 Å². The van der Waals surface area contributed by atoms with Crippen molar-refractivity contribution < 1.29 is 13.2 Å². The number of aromatic nitrogens is 2. The molecule has 0 saturated carbocycles. The molecule has 0 N–H and O–H groups in total. The number of carbonyl (C=O) groups is 1. The smallest absolute Gasteiger partial charge is 0.261 e. The van der Waals surface area contributed by atoms with Crippen molar-refractivity contribution in [2.75, 3.05) is 24.5 Å². The highest BCUT2D eigenvalue weighted by Gasteiger charge is 2.29. The van der Waals surface area contributed by atoms with Gasteiger partial charge in [-0.05, 0) is 48.4 Å². The van der Waals surface area contributed by atoms with Gasteiger partial charge in [0.1, 0.15) is 0 Å². The summed E-state index contributed by atoms with van der Waals surface area (Å²) in [7, 11) is -3.54. The van der Waals surface area contributed by atoms with Crippen LogP contribution in [0.2, 0.25) is 5.02 Å². The molecule has 3 aromatic rings. The first-order valence-corrected chi connectivity index (χ1v) is 11.9. The molecule has 0 spiro atoms. The summed E-state index contributed by atoms with van der Waals surface area (Å²) in [5, 5.41) is 4.87. The Kier molecular flexibility index (Phi) is 5.88. The lowest BCUT2D eigenvalue weighted by Crippen LogP contribution is -2.30. The number of fused-ring (bicyclic) bond motifs is 1. The van der Waals surface area contributed by atoms with Crippen molar-refractivity contribution >= 4 is 33.2 Å². The number of carbonyl (C=O) groups excluding carboxylic acids is 1. The molecular weight excluding hydrogens is 436 g/mol. The number of rotatable bonds is 6. The minimum absolute atomic E-state index is 0.175. The normalized spacial score (nSPS) is 13.6. The lowest BCUT2D eigenvalue weighted by atomic mass is 10.2. The van der Waals surface area contributed by atoms with E-state index in [1.807, 2.05) is 26.0 Å². The molecule has 0 aliphatic carbocycles. The van der Waals surface area contributed by atoms with Gasteiger partial charge in [-0.1, -0.05) is 31.5 Å². The number of nitrogens with zero attached hydrogens (tertiary/aromatic N) is 4. The maximum Gasteiger partial charge on any atom is 0.261 e. The third-order valence-corrected chi connectivity index (χ3v) is 7.72. The molecule has 1 aromatic heterocycles. The van der Waals surface area contributed by atoms with Crippen LogP contribution in [-0.4, -0.2) is 48.0 Å². The van der Waals surface area contributed by atoms with Gasteiger partial charge in [-0.3, -0.25) is 4.79 Å². The number of halogens is 1. The predicted octanol–water partition coefficient (Wildman–Crippen LogP) is 3.76. The Morgan fingerprint density at radius 1 is 1.16 bits per heavy atom. The number of benzene rings is 2. The lowest BCUT2D eigenvalue weighted by Gasteiger charge is -2.20. The first kappa shape index (κ1) is 21.5. The van der Waals surface area contributed by atoms with Crippen LogP contribution in [-0.2, 0) is 16.4 Å². The molecule has 31 heavy (non-hydrogen) atoms. The molecule has 1 aliphatic heterocycles. The highest BCUT2D eigenvalue weighted by molar-refractivity contribution is 7.89.